The Bertz CT molecular complexity index is 565. The van der Waals surface area contributed by atoms with Gasteiger partial charge in [-0.25, -0.2) is 14.8 Å². The Morgan fingerprint density at radius 1 is 1.58 bits per heavy atom. The van der Waals surface area contributed by atoms with E-state index < -0.39 is 0 Å². The fourth-order valence-electron chi connectivity index (χ4n) is 1.46. The van der Waals surface area contributed by atoms with E-state index in [1.165, 1.54) is 16.2 Å². The Morgan fingerprint density at radius 3 is 3.00 bits per heavy atom. The van der Waals surface area contributed by atoms with Crippen LogP contribution in [0, 0.1) is 6.92 Å². The summed E-state index contributed by atoms with van der Waals surface area (Å²) in [4.78, 5) is 21.2. The molecule has 0 amide bonds. The Morgan fingerprint density at radius 2 is 2.37 bits per heavy atom. The maximum atomic E-state index is 11.5. The number of esters is 1. The second-order valence-corrected chi connectivity index (χ2v) is 6.06. The van der Waals surface area contributed by atoms with E-state index in [9.17, 15) is 4.79 Å². The third kappa shape index (κ3) is 3.51. The SMILES string of the molecule is CCOC(=O)c1csc(NC(C)c2ncc(C)s2)n1. The van der Waals surface area contributed by atoms with Crippen LogP contribution in [-0.4, -0.2) is 22.5 Å². The first-order valence-electron chi connectivity index (χ1n) is 5.91. The highest BCUT2D eigenvalue weighted by atomic mass is 32.1. The number of nitrogens with one attached hydrogen (secondary N) is 1. The average Bonchev–Trinajstić information content (AvgIpc) is 2.98. The third-order valence-corrected chi connectivity index (χ3v) is 4.21. The van der Waals surface area contributed by atoms with Crippen molar-refractivity contribution in [3.8, 4) is 0 Å². The third-order valence-electron chi connectivity index (χ3n) is 2.34. The van der Waals surface area contributed by atoms with Gasteiger partial charge in [-0.15, -0.1) is 22.7 Å². The fourth-order valence-corrected chi connectivity index (χ4v) is 3.00. The van der Waals surface area contributed by atoms with Crippen LogP contribution < -0.4 is 5.32 Å². The lowest BCUT2D eigenvalue weighted by Crippen LogP contribution is -2.08. The molecule has 102 valence electrons. The molecule has 1 atom stereocenters. The molecule has 0 saturated carbocycles. The maximum Gasteiger partial charge on any atom is 0.357 e. The van der Waals surface area contributed by atoms with Crippen LogP contribution in [-0.2, 0) is 4.74 Å². The minimum absolute atomic E-state index is 0.0693. The van der Waals surface area contributed by atoms with E-state index >= 15 is 0 Å². The lowest BCUT2D eigenvalue weighted by molar-refractivity contribution is 0.0520. The zero-order valence-electron chi connectivity index (χ0n) is 11.0. The van der Waals surface area contributed by atoms with E-state index in [4.69, 9.17) is 4.74 Å². The molecule has 5 nitrogen and oxygen atoms in total. The molecule has 7 heteroatoms. The molecule has 2 rings (SSSR count). The second-order valence-electron chi connectivity index (χ2n) is 3.93. The van der Waals surface area contributed by atoms with Crippen molar-refractivity contribution in [1.82, 2.24) is 9.97 Å². The Labute approximate surface area is 119 Å². The molecule has 0 aliphatic rings. The first-order chi connectivity index (χ1) is 9.10. The quantitative estimate of drug-likeness (QED) is 0.858. The van der Waals surface area contributed by atoms with Crippen molar-refractivity contribution in [1.29, 1.82) is 0 Å². The summed E-state index contributed by atoms with van der Waals surface area (Å²) in [5, 5.41) is 6.63. The number of nitrogens with zero attached hydrogens (tertiary/aromatic N) is 2. The van der Waals surface area contributed by atoms with Crippen molar-refractivity contribution < 1.29 is 9.53 Å². The second kappa shape index (κ2) is 6.12. The van der Waals surface area contributed by atoms with Crippen molar-refractivity contribution in [3.05, 3.63) is 27.2 Å². The van der Waals surface area contributed by atoms with E-state index in [1.54, 1.807) is 23.6 Å². The van der Waals surface area contributed by atoms with Crippen LogP contribution in [0.25, 0.3) is 0 Å². The molecule has 0 aromatic carbocycles. The van der Waals surface area contributed by atoms with Gasteiger partial charge in [0.25, 0.3) is 0 Å². The largest absolute Gasteiger partial charge is 0.461 e. The van der Waals surface area contributed by atoms with E-state index in [0.717, 1.165) is 5.01 Å². The lowest BCUT2D eigenvalue weighted by atomic mass is 10.4. The Balaban J connectivity index is 2.01. The van der Waals surface area contributed by atoms with Crippen LogP contribution in [0.5, 0.6) is 0 Å². The monoisotopic (exact) mass is 297 g/mol. The molecule has 0 bridgehead atoms. The lowest BCUT2D eigenvalue weighted by Gasteiger charge is -2.08. The van der Waals surface area contributed by atoms with Crippen LogP contribution in [0.1, 0.15) is 40.3 Å². The summed E-state index contributed by atoms with van der Waals surface area (Å²) in [6, 6.07) is 0.0693. The predicted octanol–water partition coefficient (Wildman–Crippen LogP) is 3.26. The number of rotatable bonds is 5. The topological polar surface area (TPSA) is 64.1 Å². The molecular weight excluding hydrogens is 282 g/mol. The summed E-state index contributed by atoms with van der Waals surface area (Å²) < 4.78 is 4.90. The molecular formula is C12H15N3O2S2. The number of aromatic nitrogens is 2. The van der Waals surface area contributed by atoms with Gasteiger partial charge < -0.3 is 10.1 Å². The average molecular weight is 297 g/mol. The number of carbonyl (C=O) groups excluding carboxylic acids is 1. The number of hydrogen-bond acceptors (Lipinski definition) is 7. The van der Waals surface area contributed by atoms with Crippen molar-refractivity contribution in [2.24, 2.45) is 0 Å². The number of thiazole rings is 2. The Hall–Kier alpha value is -1.47. The van der Waals surface area contributed by atoms with Gasteiger partial charge in [0.2, 0.25) is 0 Å². The van der Waals surface area contributed by atoms with E-state index in [2.05, 4.69) is 15.3 Å². The van der Waals surface area contributed by atoms with E-state index in [0.29, 0.717) is 17.4 Å². The van der Waals surface area contributed by atoms with Crippen LogP contribution in [0.3, 0.4) is 0 Å². The highest BCUT2D eigenvalue weighted by Gasteiger charge is 2.14. The minimum atomic E-state index is -0.385. The molecule has 1 unspecified atom stereocenters. The van der Waals surface area contributed by atoms with E-state index in [1.807, 2.05) is 20.0 Å². The summed E-state index contributed by atoms with van der Waals surface area (Å²) in [6.07, 6.45) is 1.85. The summed E-state index contributed by atoms with van der Waals surface area (Å²) in [5.41, 5.74) is 0.344. The van der Waals surface area contributed by atoms with Gasteiger partial charge in [-0.2, -0.15) is 0 Å². The van der Waals surface area contributed by atoms with E-state index in [-0.39, 0.29) is 12.0 Å². The number of aryl methyl sites for hydroxylation is 1. The van der Waals surface area contributed by atoms with Crippen molar-refractivity contribution >= 4 is 33.8 Å². The predicted molar refractivity (Wildman–Crippen MR) is 77.0 cm³/mol. The molecule has 19 heavy (non-hydrogen) atoms. The molecule has 0 aliphatic heterocycles. The van der Waals surface area contributed by atoms with Gasteiger partial charge >= 0.3 is 5.97 Å². The van der Waals surface area contributed by atoms with Crippen LogP contribution in [0.2, 0.25) is 0 Å². The summed E-state index contributed by atoms with van der Waals surface area (Å²) >= 11 is 3.04. The molecule has 2 aromatic heterocycles. The van der Waals surface area contributed by atoms with Gasteiger partial charge in [0.05, 0.1) is 12.6 Å². The molecule has 1 N–H and O–H groups in total. The van der Waals surface area contributed by atoms with Crippen molar-refractivity contribution in [3.63, 3.8) is 0 Å². The standard InChI is InChI=1S/C12H15N3O2S2/c1-4-17-11(16)9-6-18-12(15-9)14-8(3)10-13-5-7(2)19-10/h5-6,8H,4H2,1-3H3,(H,14,15). The first-order valence-corrected chi connectivity index (χ1v) is 7.61. The van der Waals surface area contributed by atoms with Crippen molar-refractivity contribution in [2.75, 3.05) is 11.9 Å². The van der Waals surface area contributed by atoms with Crippen LogP contribution in [0.4, 0.5) is 5.13 Å². The zero-order chi connectivity index (χ0) is 13.8. The van der Waals surface area contributed by atoms with Gasteiger partial charge in [0, 0.05) is 16.5 Å². The first kappa shape index (κ1) is 14.0. The van der Waals surface area contributed by atoms with Gasteiger partial charge in [0.15, 0.2) is 10.8 Å². The molecule has 0 aliphatic carbocycles. The molecule has 2 heterocycles. The summed E-state index contributed by atoms with van der Waals surface area (Å²) in [6.45, 7) is 6.17. The van der Waals surface area contributed by atoms with Crippen LogP contribution >= 0.6 is 22.7 Å². The summed E-state index contributed by atoms with van der Waals surface area (Å²) in [7, 11) is 0. The highest BCUT2D eigenvalue weighted by molar-refractivity contribution is 7.14. The molecule has 0 radical (unpaired) electrons. The number of anilines is 1. The number of hydrogen-bond donors (Lipinski definition) is 1. The zero-order valence-corrected chi connectivity index (χ0v) is 12.6. The smallest absolute Gasteiger partial charge is 0.357 e. The maximum absolute atomic E-state index is 11.5. The Kier molecular flexibility index (Phi) is 4.49. The molecule has 0 fully saturated rings. The fraction of sp³-hybridized carbons (Fsp3) is 0.417. The molecule has 0 saturated heterocycles. The van der Waals surface area contributed by atoms with Gasteiger partial charge in [-0.1, -0.05) is 0 Å². The van der Waals surface area contributed by atoms with Crippen molar-refractivity contribution in [2.45, 2.75) is 26.8 Å². The number of carbonyl (C=O) groups is 1. The highest BCUT2D eigenvalue weighted by Crippen LogP contribution is 2.25. The van der Waals surface area contributed by atoms with Crippen LogP contribution in [0.15, 0.2) is 11.6 Å². The normalized spacial score (nSPS) is 12.2. The number of ether oxygens (including phenoxy) is 1. The summed E-state index contributed by atoms with van der Waals surface area (Å²) in [5.74, 6) is -0.385. The molecule has 0 spiro atoms. The van der Waals surface area contributed by atoms with Gasteiger partial charge in [-0.05, 0) is 20.8 Å². The van der Waals surface area contributed by atoms with Gasteiger partial charge in [0.1, 0.15) is 5.01 Å². The van der Waals surface area contributed by atoms with Gasteiger partial charge in [-0.3, -0.25) is 0 Å². The molecule has 2 aromatic rings. The minimum Gasteiger partial charge on any atom is -0.461 e.